The molecule has 0 saturated heterocycles. The Balaban J connectivity index is 2.03. The minimum absolute atomic E-state index is 0.263. The van der Waals surface area contributed by atoms with Gasteiger partial charge in [0.25, 0.3) is 0 Å². The molecule has 0 atom stereocenters. The monoisotopic (exact) mass is 268 g/mol. The van der Waals surface area contributed by atoms with E-state index < -0.39 is 5.97 Å². The van der Waals surface area contributed by atoms with Gasteiger partial charge in [-0.25, -0.2) is 9.78 Å². The number of aryl methyl sites for hydroxylation is 2. The lowest BCUT2D eigenvalue weighted by Gasteiger charge is -2.30. The van der Waals surface area contributed by atoms with E-state index in [0.717, 1.165) is 30.8 Å². The highest BCUT2D eigenvalue weighted by Crippen LogP contribution is 2.32. The number of anilines is 2. The van der Waals surface area contributed by atoms with E-state index in [9.17, 15) is 4.79 Å². The number of carbonyl (C=O) groups is 1. The lowest BCUT2D eigenvalue weighted by atomic mass is 10.0. The van der Waals surface area contributed by atoms with Crippen LogP contribution >= 0.6 is 0 Å². The number of rotatable bonds is 2. The summed E-state index contributed by atoms with van der Waals surface area (Å²) >= 11 is 0. The zero-order valence-electron chi connectivity index (χ0n) is 11.3. The fourth-order valence-corrected chi connectivity index (χ4v) is 2.68. The molecule has 1 aromatic carbocycles. The number of carboxylic acids is 1. The Hall–Kier alpha value is -2.36. The molecule has 1 N–H and O–H groups in total. The van der Waals surface area contributed by atoms with Crippen molar-refractivity contribution in [3.63, 3.8) is 0 Å². The summed E-state index contributed by atoms with van der Waals surface area (Å²) in [5.74, 6) is -0.111. The van der Waals surface area contributed by atoms with Gasteiger partial charge in [-0.15, -0.1) is 0 Å². The molecule has 1 aliphatic rings. The van der Waals surface area contributed by atoms with Crippen molar-refractivity contribution in [3.8, 4) is 0 Å². The van der Waals surface area contributed by atoms with Crippen LogP contribution in [0.15, 0.2) is 36.5 Å². The second-order valence-electron chi connectivity index (χ2n) is 5.05. The molecule has 0 unspecified atom stereocenters. The Morgan fingerprint density at radius 3 is 2.90 bits per heavy atom. The summed E-state index contributed by atoms with van der Waals surface area (Å²) < 4.78 is 0. The zero-order chi connectivity index (χ0) is 14.1. The summed E-state index contributed by atoms with van der Waals surface area (Å²) in [5, 5.41) is 9.07. The van der Waals surface area contributed by atoms with Crippen molar-refractivity contribution in [2.24, 2.45) is 0 Å². The van der Waals surface area contributed by atoms with Gasteiger partial charge in [-0.3, -0.25) is 0 Å². The number of hydrogen-bond donors (Lipinski definition) is 1. The fourth-order valence-electron chi connectivity index (χ4n) is 2.68. The first-order valence-corrected chi connectivity index (χ1v) is 6.72. The van der Waals surface area contributed by atoms with E-state index in [2.05, 4.69) is 28.1 Å². The maximum atomic E-state index is 11.1. The van der Waals surface area contributed by atoms with Crippen molar-refractivity contribution in [2.45, 2.75) is 19.8 Å². The maximum Gasteiger partial charge on any atom is 0.337 e. The first kappa shape index (κ1) is 12.7. The molecule has 0 aliphatic carbocycles. The third-order valence-corrected chi connectivity index (χ3v) is 3.71. The highest BCUT2D eigenvalue weighted by molar-refractivity contribution is 5.89. The smallest absolute Gasteiger partial charge is 0.337 e. The average Bonchev–Trinajstić information content (AvgIpc) is 2.46. The minimum atomic E-state index is -0.930. The van der Waals surface area contributed by atoms with Crippen molar-refractivity contribution in [2.75, 3.05) is 11.4 Å². The first-order chi connectivity index (χ1) is 9.66. The third-order valence-electron chi connectivity index (χ3n) is 3.71. The van der Waals surface area contributed by atoms with Gasteiger partial charge in [0.05, 0.1) is 5.56 Å². The molecular formula is C16H16N2O2. The van der Waals surface area contributed by atoms with Crippen molar-refractivity contribution in [1.29, 1.82) is 0 Å². The van der Waals surface area contributed by atoms with E-state index in [4.69, 9.17) is 5.11 Å². The number of aromatic nitrogens is 1. The van der Waals surface area contributed by atoms with Crippen LogP contribution in [0.3, 0.4) is 0 Å². The molecule has 20 heavy (non-hydrogen) atoms. The Kier molecular flexibility index (Phi) is 3.14. The first-order valence-electron chi connectivity index (χ1n) is 6.72. The van der Waals surface area contributed by atoms with Crippen LogP contribution in [0, 0.1) is 6.92 Å². The summed E-state index contributed by atoms with van der Waals surface area (Å²) in [7, 11) is 0. The second kappa shape index (κ2) is 4.96. The summed E-state index contributed by atoms with van der Waals surface area (Å²) in [6, 6.07) is 10.2. The SMILES string of the molecule is Cc1cc(N2CCCc3ccccc32)ncc1C(=O)O. The summed E-state index contributed by atoms with van der Waals surface area (Å²) in [5.41, 5.74) is 3.50. The predicted octanol–water partition coefficient (Wildman–Crippen LogP) is 3.17. The molecule has 0 radical (unpaired) electrons. The lowest BCUT2D eigenvalue weighted by molar-refractivity contribution is 0.0695. The highest BCUT2D eigenvalue weighted by Gasteiger charge is 2.19. The van der Waals surface area contributed by atoms with Crippen molar-refractivity contribution in [1.82, 2.24) is 4.98 Å². The minimum Gasteiger partial charge on any atom is -0.478 e. The largest absolute Gasteiger partial charge is 0.478 e. The van der Waals surface area contributed by atoms with Gasteiger partial charge in [0, 0.05) is 18.4 Å². The van der Waals surface area contributed by atoms with Gasteiger partial charge >= 0.3 is 5.97 Å². The number of para-hydroxylation sites is 1. The second-order valence-corrected chi connectivity index (χ2v) is 5.05. The molecule has 0 saturated carbocycles. The fraction of sp³-hybridized carbons (Fsp3) is 0.250. The molecule has 0 bridgehead atoms. The number of benzene rings is 1. The van der Waals surface area contributed by atoms with Gasteiger partial charge in [-0.2, -0.15) is 0 Å². The third kappa shape index (κ3) is 2.13. The number of hydrogen-bond acceptors (Lipinski definition) is 3. The van der Waals surface area contributed by atoms with Crippen LogP contribution in [0.4, 0.5) is 11.5 Å². The predicted molar refractivity (Wildman–Crippen MR) is 77.7 cm³/mol. The van der Waals surface area contributed by atoms with Gasteiger partial charge in [0.2, 0.25) is 0 Å². The normalized spacial score (nSPS) is 13.9. The van der Waals surface area contributed by atoms with E-state index in [1.807, 2.05) is 19.1 Å². The zero-order valence-corrected chi connectivity index (χ0v) is 11.3. The molecule has 4 heteroatoms. The van der Waals surface area contributed by atoms with E-state index in [0.29, 0.717) is 0 Å². The van der Waals surface area contributed by atoms with E-state index in [1.165, 1.54) is 17.4 Å². The van der Waals surface area contributed by atoms with E-state index in [1.54, 1.807) is 0 Å². The Labute approximate surface area is 117 Å². The molecule has 3 rings (SSSR count). The quantitative estimate of drug-likeness (QED) is 0.909. The number of carboxylic acid groups (broad SMARTS) is 1. The molecule has 4 nitrogen and oxygen atoms in total. The molecule has 2 aromatic rings. The molecule has 0 amide bonds. The maximum absolute atomic E-state index is 11.1. The molecule has 1 aromatic heterocycles. The summed E-state index contributed by atoms with van der Waals surface area (Å²) in [4.78, 5) is 17.5. The topological polar surface area (TPSA) is 53.4 Å². The molecule has 102 valence electrons. The Morgan fingerprint density at radius 1 is 1.35 bits per heavy atom. The van der Waals surface area contributed by atoms with Crippen molar-refractivity contribution < 1.29 is 9.90 Å². The standard InChI is InChI=1S/C16H16N2O2/c1-11-9-15(17-10-13(11)16(19)20)18-8-4-6-12-5-2-3-7-14(12)18/h2-3,5,7,9-10H,4,6,8H2,1H3,(H,19,20). The van der Waals surface area contributed by atoms with Gasteiger partial charge in [0.15, 0.2) is 0 Å². The molecule has 0 fully saturated rings. The Bertz CT molecular complexity index is 667. The van der Waals surface area contributed by atoms with Crippen molar-refractivity contribution in [3.05, 3.63) is 53.2 Å². The number of nitrogens with zero attached hydrogens (tertiary/aromatic N) is 2. The summed E-state index contributed by atoms with van der Waals surface area (Å²) in [6.07, 6.45) is 3.61. The van der Waals surface area contributed by atoms with Gasteiger partial charge in [0.1, 0.15) is 5.82 Å². The highest BCUT2D eigenvalue weighted by atomic mass is 16.4. The molecule has 2 heterocycles. The number of aromatic carboxylic acids is 1. The molecular weight excluding hydrogens is 252 g/mol. The van der Waals surface area contributed by atoms with Crippen molar-refractivity contribution >= 4 is 17.5 Å². The van der Waals surface area contributed by atoms with Crippen LogP contribution in [0.25, 0.3) is 0 Å². The number of pyridine rings is 1. The van der Waals surface area contributed by atoms with Gasteiger partial charge < -0.3 is 10.0 Å². The van der Waals surface area contributed by atoms with Crippen LogP contribution in [0.1, 0.15) is 27.9 Å². The molecule has 0 spiro atoms. The Morgan fingerprint density at radius 2 is 2.15 bits per heavy atom. The van der Waals surface area contributed by atoms with E-state index in [-0.39, 0.29) is 5.56 Å². The van der Waals surface area contributed by atoms with Crippen LogP contribution < -0.4 is 4.90 Å². The number of fused-ring (bicyclic) bond motifs is 1. The molecule has 1 aliphatic heterocycles. The van der Waals surface area contributed by atoms with E-state index >= 15 is 0 Å². The van der Waals surface area contributed by atoms with Crippen LogP contribution in [-0.2, 0) is 6.42 Å². The van der Waals surface area contributed by atoms with Crippen LogP contribution in [0.5, 0.6) is 0 Å². The summed E-state index contributed by atoms with van der Waals surface area (Å²) in [6.45, 7) is 2.72. The van der Waals surface area contributed by atoms with Crippen LogP contribution in [-0.4, -0.2) is 22.6 Å². The van der Waals surface area contributed by atoms with Crippen LogP contribution in [0.2, 0.25) is 0 Å². The lowest BCUT2D eigenvalue weighted by Crippen LogP contribution is -2.25. The van der Waals surface area contributed by atoms with Gasteiger partial charge in [-0.1, -0.05) is 18.2 Å². The van der Waals surface area contributed by atoms with Gasteiger partial charge in [-0.05, 0) is 43.0 Å². The average molecular weight is 268 g/mol.